The summed E-state index contributed by atoms with van der Waals surface area (Å²) in [6, 6.07) is 3.93. The van der Waals surface area contributed by atoms with Gasteiger partial charge in [-0.3, -0.25) is 0 Å². The third-order valence-electron chi connectivity index (χ3n) is 3.93. The molecule has 0 radical (unpaired) electrons. The molecule has 2 aromatic rings. The van der Waals surface area contributed by atoms with E-state index in [1.807, 2.05) is 6.92 Å². The molecule has 3 N–H and O–H groups in total. The van der Waals surface area contributed by atoms with Crippen LogP contribution in [-0.2, 0) is 13.0 Å². The van der Waals surface area contributed by atoms with Crippen LogP contribution in [0.4, 0.5) is 0 Å². The van der Waals surface area contributed by atoms with Gasteiger partial charge in [0, 0.05) is 18.1 Å². The number of carboxylic acid groups (broad SMARTS) is 1. The number of aromatic nitrogens is 1. The van der Waals surface area contributed by atoms with Crippen molar-refractivity contribution in [3.05, 3.63) is 35.0 Å². The van der Waals surface area contributed by atoms with Gasteiger partial charge in [0.25, 0.3) is 0 Å². The summed E-state index contributed by atoms with van der Waals surface area (Å²) in [5.74, 6) is -0.502. The smallest absolute Gasteiger partial charge is 0.337 e. The average Bonchev–Trinajstić information content (AvgIpc) is 2.82. The van der Waals surface area contributed by atoms with Crippen LogP contribution in [0.25, 0.3) is 10.9 Å². The summed E-state index contributed by atoms with van der Waals surface area (Å²) < 4.78 is 2.06. The van der Waals surface area contributed by atoms with Crippen LogP contribution in [0.1, 0.15) is 54.6 Å². The highest BCUT2D eigenvalue weighted by atomic mass is 16.4. The lowest BCUT2D eigenvalue weighted by atomic mass is 9.98. The molecule has 4 heteroatoms. The Bertz CT molecular complexity index is 656. The minimum Gasteiger partial charge on any atom is -0.478 e. The first-order chi connectivity index (χ1) is 9.99. The van der Waals surface area contributed by atoms with Crippen LogP contribution >= 0.6 is 0 Å². The van der Waals surface area contributed by atoms with E-state index in [1.54, 1.807) is 6.07 Å². The number of rotatable bonds is 6. The maximum Gasteiger partial charge on any atom is 0.337 e. The van der Waals surface area contributed by atoms with Crippen LogP contribution in [0.5, 0.6) is 0 Å². The Morgan fingerprint density at radius 1 is 1.38 bits per heavy atom. The molecule has 1 heterocycles. The Hall–Kier alpha value is -1.81. The quantitative estimate of drug-likeness (QED) is 0.856. The van der Waals surface area contributed by atoms with Gasteiger partial charge in [-0.05, 0) is 48.6 Å². The Kier molecular flexibility index (Phi) is 4.68. The molecule has 0 atom stereocenters. The highest BCUT2D eigenvalue weighted by Crippen LogP contribution is 2.31. The van der Waals surface area contributed by atoms with Crippen LogP contribution in [-0.4, -0.2) is 22.2 Å². The third-order valence-corrected chi connectivity index (χ3v) is 3.93. The van der Waals surface area contributed by atoms with Crippen molar-refractivity contribution in [2.24, 2.45) is 5.73 Å². The molecule has 0 spiro atoms. The first-order valence-electron chi connectivity index (χ1n) is 7.58. The summed E-state index contributed by atoms with van der Waals surface area (Å²) in [6.45, 7) is 7.69. The van der Waals surface area contributed by atoms with Crippen molar-refractivity contribution >= 4 is 16.9 Å². The Balaban J connectivity index is 2.76. The van der Waals surface area contributed by atoms with Gasteiger partial charge in [-0.15, -0.1) is 0 Å². The normalized spacial score (nSPS) is 11.5. The number of nitrogens with zero attached hydrogens (tertiary/aromatic N) is 1. The van der Waals surface area contributed by atoms with E-state index in [4.69, 9.17) is 5.73 Å². The van der Waals surface area contributed by atoms with E-state index in [1.165, 1.54) is 5.56 Å². The number of carboxylic acids is 1. The minimum atomic E-state index is -0.863. The summed E-state index contributed by atoms with van der Waals surface area (Å²) in [5.41, 5.74) is 9.10. The van der Waals surface area contributed by atoms with Crippen LogP contribution < -0.4 is 5.73 Å². The number of aryl methyl sites for hydroxylation is 2. The molecule has 0 amide bonds. The molecule has 2 rings (SSSR count). The molecular weight excluding hydrogens is 264 g/mol. The topological polar surface area (TPSA) is 68.2 Å². The van der Waals surface area contributed by atoms with Gasteiger partial charge in [0.15, 0.2) is 0 Å². The van der Waals surface area contributed by atoms with Crippen LogP contribution in [0.15, 0.2) is 18.3 Å². The predicted octanol–water partition coefficient (Wildman–Crippen LogP) is 3.37. The first kappa shape index (κ1) is 15.6. The molecule has 1 aromatic heterocycles. The molecule has 0 unspecified atom stereocenters. The number of hydrogen-bond acceptors (Lipinski definition) is 2. The van der Waals surface area contributed by atoms with Crippen LogP contribution in [0, 0.1) is 0 Å². The fourth-order valence-electron chi connectivity index (χ4n) is 2.79. The lowest BCUT2D eigenvalue weighted by molar-refractivity contribution is 0.0698. The van der Waals surface area contributed by atoms with Crippen LogP contribution in [0.3, 0.4) is 0 Å². The van der Waals surface area contributed by atoms with E-state index in [2.05, 4.69) is 30.7 Å². The van der Waals surface area contributed by atoms with E-state index in [0.717, 1.165) is 35.9 Å². The SMILES string of the molecule is CCc1cc(C(=O)O)c2c(c1)c(C(C)C)cn2CCCN. The molecule has 0 saturated carbocycles. The average molecular weight is 288 g/mol. The zero-order valence-corrected chi connectivity index (χ0v) is 13.0. The van der Waals surface area contributed by atoms with Gasteiger partial charge in [0.2, 0.25) is 0 Å². The van der Waals surface area contributed by atoms with E-state index in [9.17, 15) is 9.90 Å². The molecule has 0 aliphatic rings. The summed E-state index contributed by atoms with van der Waals surface area (Å²) in [5, 5.41) is 10.6. The second-order valence-corrected chi connectivity index (χ2v) is 5.77. The summed E-state index contributed by atoms with van der Waals surface area (Å²) in [7, 11) is 0. The lowest BCUT2D eigenvalue weighted by Crippen LogP contribution is -2.07. The molecule has 0 saturated heterocycles. The number of nitrogens with two attached hydrogens (primary N) is 1. The largest absolute Gasteiger partial charge is 0.478 e. The predicted molar refractivity (Wildman–Crippen MR) is 86.0 cm³/mol. The second-order valence-electron chi connectivity index (χ2n) is 5.77. The molecule has 21 heavy (non-hydrogen) atoms. The summed E-state index contributed by atoms with van der Waals surface area (Å²) in [6.07, 6.45) is 3.77. The van der Waals surface area contributed by atoms with Crippen molar-refractivity contribution in [2.75, 3.05) is 6.54 Å². The van der Waals surface area contributed by atoms with E-state index in [-0.39, 0.29) is 0 Å². The minimum absolute atomic E-state index is 0.361. The lowest BCUT2D eigenvalue weighted by Gasteiger charge is -2.09. The monoisotopic (exact) mass is 288 g/mol. The molecule has 0 aliphatic heterocycles. The Morgan fingerprint density at radius 3 is 2.62 bits per heavy atom. The number of benzene rings is 1. The zero-order chi connectivity index (χ0) is 15.6. The Morgan fingerprint density at radius 2 is 2.10 bits per heavy atom. The molecule has 114 valence electrons. The maximum atomic E-state index is 11.7. The van der Waals surface area contributed by atoms with Gasteiger partial charge in [-0.1, -0.05) is 20.8 Å². The van der Waals surface area contributed by atoms with Gasteiger partial charge in [0.1, 0.15) is 0 Å². The van der Waals surface area contributed by atoms with Gasteiger partial charge < -0.3 is 15.4 Å². The molecule has 4 nitrogen and oxygen atoms in total. The summed E-state index contributed by atoms with van der Waals surface area (Å²) in [4.78, 5) is 11.7. The second kappa shape index (κ2) is 6.31. The molecule has 0 fully saturated rings. The van der Waals surface area contributed by atoms with Crippen molar-refractivity contribution in [3.8, 4) is 0 Å². The van der Waals surface area contributed by atoms with Gasteiger partial charge >= 0.3 is 5.97 Å². The number of hydrogen-bond donors (Lipinski definition) is 2. The number of carbonyl (C=O) groups is 1. The van der Waals surface area contributed by atoms with E-state index in [0.29, 0.717) is 18.0 Å². The standard InChI is InChI=1S/C17H24N2O2/c1-4-12-8-13-15(11(2)3)10-19(7-5-6-18)16(13)14(9-12)17(20)21/h8-11H,4-7,18H2,1-3H3,(H,20,21). The molecule has 0 bridgehead atoms. The number of aromatic carboxylic acids is 1. The highest BCUT2D eigenvalue weighted by Gasteiger charge is 2.18. The van der Waals surface area contributed by atoms with Crippen molar-refractivity contribution < 1.29 is 9.90 Å². The van der Waals surface area contributed by atoms with Crippen LogP contribution in [0.2, 0.25) is 0 Å². The summed E-state index contributed by atoms with van der Waals surface area (Å²) >= 11 is 0. The maximum absolute atomic E-state index is 11.7. The van der Waals surface area contributed by atoms with Gasteiger partial charge in [-0.25, -0.2) is 4.79 Å². The number of fused-ring (bicyclic) bond motifs is 1. The van der Waals surface area contributed by atoms with Gasteiger partial charge in [0.05, 0.1) is 11.1 Å². The van der Waals surface area contributed by atoms with Crippen molar-refractivity contribution in [1.29, 1.82) is 0 Å². The zero-order valence-electron chi connectivity index (χ0n) is 13.0. The van der Waals surface area contributed by atoms with E-state index < -0.39 is 5.97 Å². The van der Waals surface area contributed by atoms with Crippen molar-refractivity contribution in [3.63, 3.8) is 0 Å². The molecule has 0 aliphatic carbocycles. The first-order valence-corrected chi connectivity index (χ1v) is 7.58. The fourth-order valence-corrected chi connectivity index (χ4v) is 2.79. The van der Waals surface area contributed by atoms with Gasteiger partial charge in [-0.2, -0.15) is 0 Å². The molecule has 1 aromatic carbocycles. The Labute approximate surface area is 125 Å². The third kappa shape index (κ3) is 2.95. The van der Waals surface area contributed by atoms with E-state index >= 15 is 0 Å². The van der Waals surface area contributed by atoms with Crippen molar-refractivity contribution in [1.82, 2.24) is 4.57 Å². The highest BCUT2D eigenvalue weighted by molar-refractivity contribution is 6.04. The fraction of sp³-hybridized carbons (Fsp3) is 0.471. The molecular formula is C17H24N2O2. The van der Waals surface area contributed by atoms with Crippen molar-refractivity contribution in [2.45, 2.75) is 46.1 Å².